The summed E-state index contributed by atoms with van der Waals surface area (Å²) < 4.78 is 0. The van der Waals surface area contributed by atoms with Gasteiger partial charge in [0.15, 0.2) is 0 Å². The zero-order valence-corrected chi connectivity index (χ0v) is 10.3. The molecule has 0 aromatic carbocycles. The van der Waals surface area contributed by atoms with Crippen LogP contribution < -0.4 is 10.6 Å². The highest BCUT2D eigenvalue weighted by Crippen LogP contribution is 2.19. The molecule has 2 atom stereocenters. The van der Waals surface area contributed by atoms with Crippen LogP contribution in [0.2, 0.25) is 0 Å². The fourth-order valence-electron chi connectivity index (χ4n) is 2.02. The van der Waals surface area contributed by atoms with Crippen molar-refractivity contribution in [2.45, 2.75) is 38.3 Å². The third-order valence-electron chi connectivity index (χ3n) is 2.96. The van der Waals surface area contributed by atoms with Gasteiger partial charge in [-0.1, -0.05) is 6.07 Å². The molecule has 2 N–H and O–H groups in total. The lowest BCUT2D eigenvalue weighted by molar-refractivity contribution is -0.123. The molecule has 1 aliphatic rings. The first-order valence-corrected chi connectivity index (χ1v) is 6.72. The molecule has 1 amide bonds. The quantitative estimate of drug-likeness (QED) is 0.846. The smallest absolute Gasteiger partial charge is 0.237 e. The Morgan fingerprint density at radius 2 is 2.44 bits per heavy atom. The summed E-state index contributed by atoms with van der Waals surface area (Å²) in [4.78, 5) is 13.0. The van der Waals surface area contributed by atoms with Crippen molar-refractivity contribution in [3.8, 4) is 0 Å². The van der Waals surface area contributed by atoms with E-state index >= 15 is 0 Å². The maximum Gasteiger partial charge on any atom is 0.237 e. The number of carbonyl (C=O) groups is 1. The third-order valence-corrected chi connectivity index (χ3v) is 4.01. The molecular formula is C12H18N2OS. The van der Waals surface area contributed by atoms with Gasteiger partial charge in [-0.3, -0.25) is 10.1 Å². The second kappa shape index (κ2) is 5.46. The van der Waals surface area contributed by atoms with E-state index in [4.69, 9.17) is 0 Å². The second-order valence-electron chi connectivity index (χ2n) is 4.24. The van der Waals surface area contributed by atoms with E-state index in [2.05, 4.69) is 29.0 Å². The van der Waals surface area contributed by atoms with Gasteiger partial charge in [0.1, 0.15) is 0 Å². The highest BCUT2D eigenvalue weighted by Gasteiger charge is 2.22. The molecule has 1 fully saturated rings. The fraction of sp³-hybridized carbons (Fsp3) is 0.583. The van der Waals surface area contributed by atoms with Crippen LogP contribution in [0, 0.1) is 0 Å². The maximum atomic E-state index is 11.7. The molecule has 1 aliphatic heterocycles. The molecule has 0 bridgehead atoms. The maximum absolute atomic E-state index is 11.7. The lowest BCUT2D eigenvalue weighted by Crippen LogP contribution is -2.43. The molecule has 1 unspecified atom stereocenters. The van der Waals surface area contributed by atoms with Crippen LogP contribution in [0.4, 0.5) is 0 Å². The van der Waals surface area contributed by atoms with Gasteiger partial charge in [0.05, 0.1) is 6.04 Å². The summed E-state index contributed by atoms with van der Waals surface area (Å²) in [7, 11) is 0. The van der Waals surface area contributed by atoms with Crippen molar-refractivity contribution in [3.63, 3.8) is 0 Å². The van der Waals surface area contributed by atoms with Gasteiger partial charge in [0.2, 0.25) is 5.91 Å². The van der Waals surface area contributed by atoms with Crippen LogP contribution in [0.15, 0.2) is 17.5 Å². The van der Waals surface area contributed by atoms with Gasteiger partial charge in [-0.25, -0.2) is 0 Å². The van der Waals surface area contributed by atoms with E-state index in [1.54, 1.807) is 11.3 Å². The molecule has 0 aliphatic carbocycles. The number of amides is 1. The van der Waals surface area contributed by atoms with Crippen molar-refractivity contribution in [2.24, 2.45) is 0 Å². The van der Waals surface area contributed by atoms with E-state index in [1.807, 2.05) is 6.07 Å². The first-order chi connectivity index (χ1) is 7.77. The highest BCUT2D eigenvalue weighted by atomic mass is 32.1. The molecule has 16 heavy (non-hydrogen) atoms. The minimum Gasteiger partial charge on any atom is -0.355 e. The molecule has 3 nitrogen and oxygen atoms in total. The summed E-state index contributed by atoms with van der Waals surface area (Å²) in [5.74, 6) is 0.154. The van der Waals surface area contributed by atoms with Crippen molar-refractivity contribution in [1.82, 2.24) is 10.6 Å². The molecule has 1 aromatic heterocycles. The molecule has 2 heterocycles. The average molecular weight is 238 g/mol. The van der Waals surface area contributed by atoms with Crippen molar-refractivity contribution in [3.05, 3.63) is 22.4 Å². The zero-order valence-electron chi connectivity index (χ0n) is 9.53. The van der Waals surface area contributed by atoms with Crippen molar-refractivity contribution in [1.29, 1.82) is 0 Å². The van der Waals surface area contributed by atoms with E-state index in [1.165, 1.54) is 4.88 Å². The summed E-state index contributed by atoms with van der Waals surface area (Å²) in [5, 5.41) is 8.43. The fourth-order valence-corrected chi connectivity index (χ4v) is 2.76. The normalized spacial score (nSPS) is 23.6. The van der Waals surface area contributed by atoms with Gasteiger partial charge in [0.25, 0.3) is 0 Å². The lowest BCUT2D eigenvalue weighted by Gasteiger charge is -2.20. The van der Waals surface area contributed by atoms with E-state index in [9.17, 15) is 4.79 Å². The molecule has 2 rings (SSSR count). The largest absolute Gasteiger partial charge is 0.355 e. The van der Waals surface area contributed by atoms with Crippen LogP contribution in [0.5, 0.6) is 0 Å². The average Bonchev–Trinajstić information content (AvgIpc) is 2.73. The summed E-state index contributed by atoms with van der Waals surface area (Å²) >= 11 is 1.73. The van der Waals surface area contributed by atoms with E-state index in [0.29, 0.717) is 0 Å². The van der Waals surface area contributed by atoms with Crippen LogP contribution in [0.25, 0.3) is 0 Å². The Kier molecular flexibility index (Phi) is 3.96. The van der Waals surface area contributed by atoms with E-state index in [-0.39, 0.29) is 18.0 Å². The predicted molar refractivity (Wildman–Crippen MR) is 66.5 cm³/mol. The Balaban J connectivity index is 1.94. The standard InChI is InChI=1S/C12H18N2OS/c1-9(11-6-4-8-16-11)14-10-5-2-3-7-13-12(10)15/h4,6,8-10,14H,2-3,5,7H2,1H3,(H,13,15)/t9-,10?/m1/s1. The summed E-state index contributed by atoms with van der Waals surface area (Å²) in [6.07, 6.45) is 3.16. The first-order valence-electron chi connectivity index (χ1n) is 5.84. The summed E-state index contributed by atoms with van der Waals surface area (Å²) in [5.41, 5.74) is 0. The van der Waals surface area contributed by atoms with E-state index < -0.39 is 0 Å². The third kappa shape index (κ3) is 2.83. The number of thiophene rings is 1. The number of hydrogen-bond donors (Lipinski definition) is 2. The van der Waals surface area contributed by atoms with Crippen LogP contribution in [0.3, 0.4) is 0 Å². The van der Waals surface area contributed by atoms with Gasteiger partial charge in [-0.05, 0) is 37.6 Å². The van der Waals surface area contributed by atoms with Crippen molar-refractivity contribution < 1.29 is 4.79 Å². The minimum absolute atomic E-state index is 0.0281. The molecular weight excluding hydrogens is 220 g/mol. The molecule has 1 saturated heterocycles. The Morgan fingerprint density at radius 3 is 3.19 bits per heavy atom. The Labute approximate surface area is 100 Å². The zero-order chi connectivity index (χ0) is 11.4. The molecule has 0 spiro atoms. The van der Waals surface area contributed by atoms with Crippen molar-refractivity contribution >= 4 is 17.2 Å². The molecule has 1 aromatic rings. The Morgan fingerprint density at radius 1 is 1.56 bits per heavy atom. The number of carbonyl (C=O) groups excluding carboxylic acids is 1. The topological polar surface area (TPSA) is 41.1 Å². The van der Waals surface area contributed by atoms with Gasteiger partial charge < -0.3 is 5.32 Å². The summed E-state index contributed by atoms with van der Waals surface area (Å²) in [6, 6.07) is 4.39. The number of rotatable bonds is 3. The van der Waals surface area contributed by atoms with Gasteiger partial charge in [0, 0.05) is 17.5 Å². The Bertz CT molecular complexity index is 337. The van der Waals surface area contributed by atoms with Gasteiger partial charge >= 0.3 is 0 Å². The first kappa shape index (κ1) is 11.6. The van der Waals surface area contributed by atoms with E-state index in [0.717, 1.165) is 25.8 Å². The van der Waals surface area contributed by atoms with Crippen LogP contribution in [-0.2, 0) is 4.79 Å². The van der Waals surface area contributed by atoms with Crippen molar-refractivity contribution in [2.75, 3.05) is 6.54 Å². The molecule has 88 valence electrons. The SMILES string of the molecule is C[C@@H](NC1CCCCNC1=O)c1cccs1. The lowest BCUT2D eigenvalue weighted by atomic mass is 10.1. The number of hydrogen-bond acceptors (Lipinski definition) is 3. The molecule has 4 heteroatoms. The van der Waals surface area contributed by atoms with Gasteiger partial charge in [-0.15, -0.1) is 11.3 Å². The second-order valence-corrected chi connectivity index (χ2v) is 5.22. The number of nitrogens with one attached hydrogen (secondary N) is 2. The van der Waals surface area contributed by atoms with Gasteiger partial charge in [-0.2, -0.15) is 0 Å². The molecule has 0 radical (unpaired) electrons. The monoisotopic (exact) mass is 238 g/mol. The summed E-state index contributed by atoms with van der Waals surface area (Å²) in [6.45, 7) is 2.94. The van der Waals surface area contributed by atoms with Crippen LogP contribution in [-0.4, -0.2) is 18.5 Å². The Hall–Kier alpha value is -0.870. The van der Waals surface area contributed by atoms with Crippen LogP contribution >= 0.6 is 11.3 Å². The molecule has 0 saturated carbocycles. The van der Waals surface area contributed by atoms with Crippen LogP contribution in [0.1, 0.15) is 37.1 Å². The minimum atomic E-state index is -0.0281. The highest BCUT2D eigenvalue weighted by molar-refractivity contribution is 7.10. The predicted octanol–water partition coefficient (Wildman–Crippen LogP) is 2.07.